The number of rotatable bonds is 8. The highest BCUT2D eigenvalue weighted by Crippen LogP contribution is 2.40. The number of hydrogen-bond donors (Lipinski definition) is 1. The van der Waals surface area contributed by atoms with Gasteiger partial charge in [-0.1, -0.05) is 74.9 Å². The van der Waals surface area contributed by atoms with Crippen molar-refractivity contribution in [1.82, 2.24) is 10.2 Å². The lowest BCUT2D eigenvalue weighted by Crippen LogP contribution is -2.55. The molecule has 0 saturated carbocycles. The molecule has 1 aliphatic heterocycles. The summed E-state index contributed by atoms with van der Waals surface area (Å²) in [5, 5.41) is 2.74. The van der Waals surface area contributed by atoms with Gasteiger partial charge in [0.25, 0.3) is 0 Å². The SMILES string of the molecule is CCC(C)[C@H](NC(=O)OC(C)(C)C)C(=O)N1C[C@](OC)(c2ccc(-c3ccccc3)cc2)C[C@H]1C(=O)OC. The number of methoxy groups -OCH3 is 2. The minimum Gasteiger partial charge on any atom is -0.467 e. The van der Waals surface area contributed by atoms with Gasteiger partial charge in [0.2, 0.25) is 5.91 Å². The molecule has 1 fully saturated rings. The fourth-order valence-corrected chi connectivity index (χ4v) is 4.82. The number of nitrogens with one attached hydrogen (secondary N) is 1. The Balaban J connectivity index is 1.93. The van der Waals surface area contributed by atoms with Crippen molar-refractivity contribution in [2.45, 2.75) is 70.7 Å². The van der Waals surface area contributed by atoms with Crippen molar-refractivity contribution in [2.75, 3.05) is 20.8 Å². The minimum absolute atomic E-state index is 0.135. The zero-order valence-corrected chi connectivity index (χ0v) is 23.4. The Morgan fingerprint density at radius 3 is 2.16 bits per heavy atom. The zero-order valence-electron chi connectivity index (χ0n) is 23.4. The van der Waals surface area contributed by atoms with Gasteiger partial charge in [0.15, 0.2) is 0 Å². The van der Waals surface area contributed by atoms with Crippen LogP contribution in [0.4, 0.5) is 4.79 Å². The maximum atomic E-state index is 13.9. The van der Waals surface area contributed by atoms with Crippen molar-refractivity contribution in [3.63, 3.8) is 0 Å². The van der Waals surface area contributed by atoms with Crippen LogP contribution in [-0.4, -0.2) is 61.3 Å². The summed E-state index contributed by atoms with van der Waals surface area (Å²) >= 11 is 0. The lowest BCUT2D eigenvalue weighted by Gasteiger charge is -2.32. The van der Waals surface area contributed by atoms with Crippen LogP contribution in [0.25, 0.3) is 11.1 Å². The summed E-state index contributed by atoms with van der Waals surface area (Å²) in [5.41, 5.74) is 1.35. The lowest BCUT2D eigenvalue weighted by atomic mass is 9.89. The van der Waals surface area contributed by atoms with Gasteiger partial charge in [-0.3, -0.25) is 4.79 Å². The van der Waals surface area contributed by atoms with E-state index in [4.69, 9.17) is 14.2 Å². The van der Waals surface area contributed by atoms with Crippen LogP contribution in [0.2, 0.25) is 0 Å². The number of amides is 2. The molecule has 1 aliphatic rings. The van der Waals surface area contributed by atoms with Crippen LogP contribution in [0.15, 0.2) is 54.6 Å². The molecular formula is C30H40N2O6. The second-order valence-corrected chi connectivity index (χ2v) is 10.9. The van der Waals surface area contributed by atoms with Gasteiger partial charge in [0.05, 0.1) is 13.7 Å². The number of carbonyl (C=O) groups is 3. The number of likely N-dealkylation sites (tertiary alicyclic amines) is 1. The fourth-order valence-electron chi connectivity index (χ4n) is 4.82. The molecule has 3 rings (SSSR count). The number of esters is 1. The van der Waals surface area contributed by atoms with Crippen LogP contribution < -0.4 is 5.32 Å². The quantitative estimate of drug-likeness (QED) is 0.493. The van der Waals surface area contributed by atoms with E-state index in [-0.39, 0.29) is 24.8 Å². The van der Waals surface area contributed by atoms with E-state index in [9.17, 15) is 14.4 Å². The number of alkyl carbamates (subject to hydrolysis) is 1. The first-order valence-electron chi connectivity index (χ1n) is 13.0. The Kier molecular flexibility index (Phi) is 9.20. The van der Waals surface area contributed by atoms with Crippen molar-refractivity contribution >= 4 is 18.0 Å². The fraction of sp³-hybridized carbons (Fsp3) is 0.500. The predicted octanol–water partition coefficient (Wildman–Crippen LogP) is 4.91. The third-order valence-electron chi connectivity index (χ3n) is 7.14. The van der Waals surface area contributed by atoms with Crippen molar-refractivity contribution in [1.29, 1.82) is 0 Å². The lowest BCUT2D eigenvalue weighted by molar-refractivity contribution is -0.152. The summed E-state index contributed by atoms with van der Waals surface area (Å²) in [7, 11) is 2.88. The van der Waals surface area contributed by atoms with Crippen LogP contribution in [0.3, 0.4) is 0 Å². The third kappa shape index (κ3) is 6.54. The van der Waals surface area contributed by atoms with Crippen LogP contribution in [-0.2, 0) is 29.4 Å². The van der Waals surface area contributed by atoms with E-state index in [1.165, 1.54) is 12.0 Å². The molecule has 4 atom stereocenters. The third-order valence-corrected chi connectivity index (χ3v) is 7.14. The molecule has 2 aromatic carbocycles. The van der Waals surface area contributed by atoms with Crippen molar-refractivity contribution in [3.05, 3.63) is 60.2 Å². The average molecular weight is 525 g/mol. The molecule has 206 valence electrons. The standard InChI is InChI=1S/C30H40N2O6/c1-8-20(2)25(31-28(35)38-29(3,4)5)26(33)32-19-30(37-7,18-24(32)27(34)36-6)23-16-14-22(15-17-23)21-12-10-9-11-13-21/h9-17,20,24-25H,8,18-19H2,1-7H3,(H,31,35)/t20?,24-,25-,30-/m0/s1. The molecule has 0 aliphatic carbocycles. The first-order chi connectivity index (χ1) is 17.9. The Morgan fingerprint density at radius 1 is 1.03 bits per heavy atom. The summed E-state index contributed by atoms with van der Waals surface area (Å²) in [4.78, 5) is 40.9. The molecule has 8 heteroatoms. The maximum Gasteiger partial charge on any atom is 0.408 e. The van der Waals surface area contributed by atoms with Crippen molar-refractivity contribution in [2.24, 2.45) is 5.92 Å². The molecule has 0 spiro atoms. The van der Waals surface area contributed by atoms with E-state index in [0.717, 1.165) is 16.7 Å². The minimum atomic E-state index is -0.921. The molecule has 0 radical (unpaired) electrons. The zero-order chi connectivity index (χ0) is 28.1. The number of hydrogen-bond acceptors (Lipinski definition) is 6. The molecule has 0 aromatic heterocycles. The van der Waals surface area contributed by atoms with Gasteiger partial charge < -0.3 is 24.4 Å². The van der Waals surface area contributed by atoms with E-state index < -0.39 is 35.3 Å². The number of carbonyl (C=O) groups excluding carboxylic acids is 3. The van der Waals surface area contributed by atoms with Gasteiger partial charge in [-0.25, -0.2) is 9.59 Å². The summed E-state index contributed by atoms with van der Waals surface area (Å²) in [6.45, 7) is 9.24. The topological polar surface area (TPSA) is 94.2 Å². The van der Waals surface area contributed by atoms with E-state index >= 15 is 0 Å². The van der Waals surface area contributed by atoms with Gasteiger partial charge in [-0.15, -0.1) is 0 Å². The summed E-state index contributed by atoms with van der Waals surface area (Å²) in [5.74, 6) is -1.10. The summed E-state index contributed by atoms with van der Waals surface area (Å²) in [6, 6.07) is 16.2. The number of nitrogens with zero attached hydrogens (tertiary/aromatic N) is 1. The van der Waals surface area contributed by atoms with Crippen LogP contribution in [0, 0.1) is 5.92 Å². The van der Waals surface area contributed by atoms with Gasteiger partial charge in [0, 0.05) is 13.5 Å². The van der Waals surface area contributed by atoms with Gasteiger partial charge in [-0.05, 0) is 43.4 Å². The molecule has 2 aromatic rings. The first-order valence-corrected chi connectivity index (χ1v) is 13.0. The Hall–Kier alpha value is -3.39. The monoisotopic (exact) mass is 524 g/mol. The first kappa shape index (κ1) is 29.2. The largest absolute Gasteiger partial charge is 0.467 e. The molecule has 1 heterocycles. The highest BCUT2D eigenvalue weighted by Gasteiger charge is 2.52. The van der Waals surface area contributed by atoms with Gasteiger partial charge >= 0.3 is 12.1 Å². The van der Waals surface area contributed by atoms with E-state index in [1.807, 2.05) is 68.4 Å². The van der Waals surface area contributed by atoms with Gasteiger partial charge in [0.1, 0.15) is 23.3 Å². The summed E-state index contributed by atoms with van der Waals surface area (Å²) in [6.07, 6.45) is 0.186. The summed E-state index contributed by atoms with van der Waals surface area (Å²) < 4.78 is 16.5. The molecule has 2 amide bonds. The Labute approximate surface area is 225 Å². The van der Waals surface area contributed by atoms with Gasteiger partial charge in [-0.2, -0.15) is 0 Å². The van der Waals surface area contributed by atoms with Crippen LogP contribution >= 0.6 is 0 Å². The Bertz CT molecular complexity index is 1110. The highest BCUT2D eigenvalue weighted by atomic mass is 16.6. The molecule has 0 bridgehead atoms. The molecule has 1 unspecified atom stereocenters. The highest BCUT2D eigenvalue weighted by molar-refractivity contribution is 5.91. The number of benzene rings is 2. The second-order valence-electron chi connectivity index (χ2n) is 10.9. The van der Waals surface area contributed by atoms with E-state index in [0.29, 0.717) is 6.42 Å². The molecule has 8 nitrogen and oxygen atoms in total. The number of ether oxygens (including phenoxy) is 3. The molecule has 1 saturated heterocycles. The molecule has 1 N–H and O–H groups in total. The van der Waals surface area contributed by atoms with Crippen LogP contribution in [0.1, 0.15) is 53.0 Å². The second kappa shape index (κ2) is 12.0. The average Bonchev–Trinajstić information content (AvgIpc) is 3.31. The van der Waals surface area contributed by atoms with Crippen LogP contribution in [0.5, 0.6) is 0 Å². The Morgan fingerprint density at radius 2 is 1.63 bits per heavy atom. The maximum absolute atomic E-state index is 13.9. The van der Waals surface area contributed by atoms with E-state index in [2.05, 4.69) is 5.32 Å². The predicted molar refractivity (Wildman–Crippen MR) is 145 cm³/mol. The van der Waals surface area contributed by atoms with Crippen molar-refractivity contribution in [3.8, 4) is 11.1 Å². The normalized spacial score (nSPS) is 20.9. The molecule has 38 heavy (non-hydrogen) atoms. The van der Waals surface area contributed by atoms with E-state index in [1.54, 1.807) is 27.9 Å². The smallest absolute Gasteiger partial charge is 0.408 e. The van der Waals surface area contributed by atoms with Crippen molar-refractivity contribution < 1.29 is 28.6 Å². The molecular weight excluding hydrogens is 484 g/mol.